The van der Waals surface area contributed by atoms with Crippen molar-refractivity contribution < 1.29 is 19.1 Å². The van der Waals surface area contributed by atoms with Crippen molar-refractivity contribution >= 4 is 12.1 Å². The molecule has 204 valence electrons. The summed E-state index contributed by atoms with van der Waals surface area (Å²) in [7, 11) is 0. The van der Waals surface area contributed by atoms with Crippen LogP contribution in [0.2, 0.25) is 0 Å². The van der Waals surface area contributed by atoms with E-state index in [2.05, 4.69) is 4.98 Å². The quantitative estimate of drug-likeness (QED) is 0.312. The molecule has 4 fully saturated rings. The van der Waals surface area contributed by atoms with E-state index in [0.29, 0.717) is 30.1 Å². The van der Waals surface area contributed by atoms with Gasteiger partial charge in [0.2, 0.25) is 0 Å². The number of nitrogens with zero attached hydrogens (tertiary/aromatic N) is 3. The Balaban J connectivity index is 1.35. The van der Waals surface area contributed by atoms with E-state index >= 15 is 0 Å². The third-order valence-corrected chi connectivity index (χ3v) is 8.73. The minimum absolute atomic E-state index is 0.206. The van der Waals surface area contributed by atoms with Gasteiger partial charge in [-0.05, 0) is 74.3 Å². The summed E-state index contributed by atoms with van der Waals surface area (Å²) in [6, 6.07) is 18.7. The molecule has 7 heteroatoms. The van der Waals surface area contributed by atoms with E-state index in [-0.39, 0.29) is 13.2 Å². The summed E-state index contributed by atoms with van der Waals surface area (Å²) in [5, 5.41) is 0. The number of esters is 1. The summed E-state index contributed by atoms with van der Waals surface area (Å²) in [5.74, 6) is 1.87. The molecule has 4 aliphatic carbocycles. The van der Waals surface area contributed by atoms with Gasteiger partial charge in [-0.15, -0.1) is 0 Å². The number of ether oxygens (including phenoxy) is 2. The zero-order valence-corrected chi connectivity index (χ0v) is 22.6. The Morgan fingerprint density at radius 2 is 1.54 bits per heavy atom. The van der Waals surface area contributed by atoms with Gasteiger partial charge in [0.1, 0.15) is 11.4 Å². The van der Waals surface area contributed by atoms with Crippen LogP contribution >= 0.6 is 0 Å². The lowest BCUT2D eigenvalue weighted by atomic mass is 9.54. The Morgan fingerprint density at radius 1 is 0.949 bits per heavy atom. The molecule has 4 saturated carbocycles. The minimum Gasteiger partial charge on any atom is -0.464 e. The Hall–Kier alpha value is -3.61. The van der Waals surface area contributed by atoms with Crippen molar-refractivity contribution in [1.82, 2.24) is 14.5 Å². The topological polar surface area (TPSA) is 73.7 Å². The molecule has 1 unspecified atom stereocenters. The SMILES string of the molecule is CCOC(=O)C(c1nccn1Cc1ccccc1)N(Cc1ccccc1)C(=O)OC12CC3CC(CC(C3)C1)C2. The van der Waals surface area contributed by atoms with Gasteiger partial charge >= 0.3 is 12.1 Å². The number of hydrogen-bond donors (Lipinski definition) is 0. The molecule has 4 aliphatic rings. The predicted molar refractivity (Wildman–Crippen MR) is 147 cm³/mol. The number of carbonyl (C=O) groups is 2. The largest absolute Gasteiger partial charge is 0.464 e. The molecule has 3 aromatic rings. The highest BCUT2D eigenvalue weighted by Gasteiger charge is 2.54. The fraction of sp³-hybridized carbons (Fsp3) is 0.469. The smallest absolute Gasteiger partial charge is 0.411 e. The summed E-state index contributed by atoms with van der Waals surface area (Å²) >= 11 is 0. The number of amides is 1. The van der Waals surface area contributed by atoms with Gasteiger partial charge in [-0.25, -0.2) is 14.6 Å². The van der Waals surface area contributed by atoms with Crippen molar-refractivity contribution in [2.45, 2.75) is 70.2 Å². The van der Waals surface area contributed by atoms with E-state index in [0.717, 1.165) is 30.4 Å². The van der Waals surface area contributed by atoms with Crippen LogP contribution in [0.4, 0.5) is 4.79 Å². The summed E-state index contributed by atoms with van der Waals surface area (Å²) in [4.78, 5) is 34.0. The van der Waals surface area contributed by atoms with Gasteiger partial charge in [-0.3, -0.25) is 4.90 Å². The molecule has 7 rings (SSSR count). The first-order valence-electron chi connectivity index (χ1n) is 14.3. The van der Waals surface area contributed by atoms with E-state index in [1.807, 2.05) is 71.4 Å². The van der Waals surface area contributed by atoms with Gasteiger partial charge < -0.3 is 14.0 Å². The van der Waals surface area contributed by atoms with Crippen LogP contribution in [-0.2, 0) is 27.4 Å². The molecule has 1 heterocycles. The standard InChI is InChI=1S/C32H37N3O4/c1-2-38-30(36)28(29-33-13-14-34(29)21-23-9-5-3-6-10-23)35(22-24-11-7-4-8-12-24)31(37)39-32-18-25-15-26(19-32)17-27(16-25)20-32/h3-14,25-28H,2,15-22H2,1H3. The number of aromatic nitrogens is 2. The molecule has 1 atom stereocenters. The Bertz CT molecular complexity index is 1250. The molecular weight excluding hydrogens is 490 g/mol. The van der Waals surface area contributed by atoms with Crippen molar-refractivity contribution in [2.24, 2.45) is 17.8 Å². The molecule has 1 aromatic heterocycles. The average Bonchev–Trinajstić information content (AvgIpc) is 3.36. The van der Waals surface area contributed by atoms with Crippen LogP contribution in [0.3, 0.4) is 0 Å². The monoisotopic (exact) mass is 527 g/mol. The van der Waals surface area contributed by atoms with Crippen LogP contribution in [0.15, 0.2) is 73.1 Å². The maximum Gasteiger partial charge on any atom is 0.411 e. The van der Waals surface area contributed by atoms with E-state index in [1.165, 1.54) is 24.2 Å². The Morgan fingerprint density at radius 3 is 2.13 bits per heavy atom. The molecule has 0 aliphatic heterocycles. The van der Waals surface area contributed by atoms with Gasteiger partial charge in [-0.1, -0.05) is 60.7 Å². The van der Waals surface area contributed by atoms with Crippen molar-refractivity contribution in [3.05, 3.63) is 90.0 Å². The van der Waals surface area contributed by atoms with Gasteiger partial charge in [0.15, 0.2) is 6.04 Å². The van der Waals surface area contributed by atoms with Crippen molar-refractivity contribution in [3.8, 4) is 0 Å². The van der Waals surface area contributed by atoms with Gasteiger partial charge in [-0.2, -0.15) is 0 Å². The van der Waals surface area contributed by atoms with Crippen LogP contribution in [0.25, 0.3) is 0 Å². The van der Waals surface area contributed by atoms with E-state index in [4.69, 9.17) is 9.47 Å². The molecule has 4 bridgehead atoms. The normalized spacial score (nSPS) is 25.7. The lowest BCUT2D eigenvalue weighted by Crippen LogP contribution is -2.54. The van der Waals surface area contributed by atoms with Crippen molar-refractivity contribution in [1.29, 1.82) is 0 Å². The van der Waals surface area contributed by atoms with Crippen LogP contribution in [0.5, 0.6) is 0 Å². The zero-order chi connectivity index (χ0) is 26.8. The number of carbonyl (C=O) groups excluding carboxylic acids is 2. The van der Waals surface area contributed by atoms with E-state index < -0.39 is 23.7 Å². The molecule has 0 radical (unpaired) electrons. The van der Waals surface area contributed by atoms with Crippen molar-refractivity contribution in [2.75, 3.05) is 6.61 Å². The number of rotatable bonds is 9. The van der Waals surface area contributed by atoms with E-state index in [1.54, 1.807) is 13.1 Å². The molecule has 0 N–H and O–H groups in total. The van der Waals surface area contributed by atoms with Crippen LogP contribution in [0, 0.1) is 17.8 Å². The predicted octanol–water partition coefficient (Wildman–Crippen LogP) is 6.14. The number of imidazole rings is 1. The molecule has 1 amide bonds. The molecule has 2 aromatic carbocycles. The van der Waals surface area contributed by atoms with Crippen LogP contribution in [0.1, 0.15) is 68.4 Å². The molecule has 39 heavy (non-hydrogen) atoms. The van der Waals surface area contributed by atoms with Crippen LogP contribution < -0.4 is 0 Å². The lowest BCUT2D eigenvalue weighted by molar-refractivity contribution is -0.155. The second kappa shape index (κ2) is 10.9. The third-order valence-electron chi connectivity index (χ3n) is 8.73. The summed E-state index contributed by atoms with van der Waals surface area (Å²) in [6.07, 6.45) is 9.61. The number of benzene rings is 2. The maximum absolute atomic E-state index is 14.2. The average molecular weight is 528 g/mol. The minimum atomic E-state index is -1.04. The van der Waals surface area contributed by atoms with Crippen molar-refractivity contribution in [3.63, 3.8) is 0 Å². The summed E-state index contributed by atoms with van der Waals surface area (Å²) in [5.41, 5.74) is 1.56. The molecule has 0 spiro atoms. The highest BCUT2D eigenvalue weighted by molar-refractivity contribution is 5.82. The summed E-state index contributed by atoms with van der Waals surface area (Å²) < 4.78 is 14.0. The highest BCUT2D eigenvalue weighted by Crippen LogP contribution is 2.57. The summed E-state index contributed by atoms with van der Waals surface area (Å²) in [6.45, 7) is 2.72. The molecular formula is C32H37N3O4. The molecule has 7 nitrogen and oxygen atoms in total. The lowest BCUT2D eigenvalue weighted by Gasteiger charge is -2.56. The fourth-order valence-electron chi connectivity index (χ4n) is 7.52. The van der Waals surface area contributed by atoms with Gasteiger partial charge in [0, 0.05) is 18.9 Å². The fourth-order valence-corrected chi connectivity index (χ4v) is 7.52. The van der Waals surface area contributed by atoms with Gasteiger partial charge in [0.05, 0.1) is 13.2 Å². The first-order chi connectivity index (χ1) is 19.0. The number of hydrogen-bond acceptors (Lipinski definition) is 5. The zero-order valence-electron chi connectivity index (χ0n) is 22.6. The highest BCUT2D eigenvalue weighted by atomic mass is 16.6. The second-order valence-electron chi connectivity index (χ2n) is 11.6. The second-order valence-corrected chi connectivity index (χ2v) is 11.6. The van der Waals surface area contributed by atoms with Gasteiger partial charge in [0.25, 0.3) is 0 Å². The Kier molecular flexibility index (Phi) is 7.15. The third kappa shape index (κ3) is 5.45. The Labute approximate surface area is 230 Å². The maximum atomic E-state index is 14.2. The first-order valence-corrected chi connectivity index (χ1v) is 14.3. The first kappa shape index (κ1) is 25.7. The van der Waals surface area contributed by atoms with E-state index in [9.17, 15) is 9.59 Å². The van der Waals surface area contributed by atoms with Crippen LogP contribution in [-0.4, -0.2) is 38.7 Å². The molecule has 0 saturated heterocycles.